The summed E-state index contributed by atoms with van der Waals surface area (Å²) < 4.78 is 5.17. The first-order chi connectivity index (χ1) is 8.83. The van der Waals surface area contributed by atoms with Crippen molar-refractivity contribution in [3.63, 3.8) is 0 Å². The molecule has 18 heavy (non-hydrogen) atoms. The molecule has 0 saturated carbocycles. The average molecular weight is 241 g/mol. The highest BCUT2D eigenvalue weighted by molar-refractivity contribution is 5.29. The molecule has 0 aliphatic heterocycles. The number of hydrogen-bond donors (Lipinski definition) is 1. The fraction of sp³-hybridized carbons (Fsp3) is 0.250. The van der Waals surface area contributed by atoms with E-state index in [2.05, 4.69) is 41.7 Å². The number of hydrogen-bond acceptors (Lipinski definition) is 2. The Kier molecular flexibility index (Phi) is 4.37. The Morgan fingerprint density at radius 1 is 1.00 bits per heavy atom. The van der Waals surface area contributed by atoms with Crippen LogP contribution in [0, 0.1) is 0 Å². The van der Waals surface area contributed by atoms with E-state index in [1.165, 1.54) is 11.1 Å². The average Bonchev–Trinajstić information content (AvgIpc) is 2.46. The highest BCUT2D eigenvalue weighted by Gasteiger charge is 2.09. The Labute approximate surface area is 109 Å². The summed E-state index contributed by atoms with van der Waals surface area (Å²) in [5, 5.41) is 3.36. The molecule has 0 aliphatic rings. The Morgan fingerprint density at radius 2 is 1.67 bits per heavy atom. The fourth-order valence-corrected chi connectivity index (χ4v) is 2.07. The van der Waals surface area contributed by atoms with E-state index in [0.717, 1.165) is 12.2 Å². The predicted molar refractivity (Wildman–Crippen MR) is 74.9 cm³/mol. The molecule has 2 heteroatoms. The van der Waals surface area contributed by atoms with Gasteiger partial charge in [-0.3, -0.25) is 0 Å². The van der Waals surface area contributed by atoms with Crippen molar-refractivity contribution < 1.29 is 4.74 Å². The van der Waals surface area contributed by atoms with Gasteiger partial charge in [0.05, 0.1) is 7.11 Å². The zero-order valence-corrected chi connectivity index (χ0v) is 10.9. The highest BCUT2D eigenvalue weighted by Crippen LogP contribution is 2.19. The SMILES string of the molecule is CN[C@H](Cc1ccc(OC)cc1)c1ccccc1. The number of methoxy groups -OCH3 is 1. The molecule has 1 atom stereocenters. The maximum Gasteiger partial charge on any atom is 0.118 e. The minimum atomic E-state index is 0.347. The quantitative estimate of drug-likeness (QED) is 0.868. The molecule has 2 nitrogen and oxygen atoms in total. The Balaban J connectivity index is 2.10. The van der Waals surface area contributed by atoms with E-state index in [9.17, 15) is 0 Å². The second-order valence-electron chi connectivity index (χ2n) is 4.30. The summed E-state index contributed by atoms with van der Waals surface area (Å²) in [6.07, 6.45) is 0.977. The molecule has 2 aromatic carbocycles. The molecule has 0 radical (unpaired) electrons. The third-order valence-electron chi connectivity index (χ3n) is 3.15. The topological polar surface area (TPSA) is 21.3 Å². The van der Waals surface area contributed by atoms with Crippen molar-refractivity contribution in [2.75, 3.05) is 14.2 Å². The lowest BCUT2D eigenvalue weighted by molar-refractivity contribution is 0.414. The van der Waals surface area contributed by atoms with Gasteiger partial charge in [0.25, 0.3) is 0 Å². The molecule has 0 bridgehead atoms. The van der Waals surface area contributed by atoms with Crippen molar-refractivity contribution in [2.45, 2.75) is 12.5 Å². The molecule has 1 N–H and O–H groups in total. The van der Waals surface area contributed by atoms with Crippen LogP contribution >= 0.6 is 0 Å². The van der Waals surface area contributed by atoms with Crippen molar-refractivity contribution in [1.29, 1.82) is 0 Å². The van der Waals surface area contributed by atoms with Gasteiger partial charge in [-0.2, -0.15) is 0 Å². The smallest absolute Gasteiger partial charge is 0.118 e. The first-order valence-electron chi connectivity index (χ1n) is 6.18. The normalized spacial score (nSPS) is 12.1. The molecule has 0 fully saturated rings. The van der Waals surface area contributed by atoms with Crippen LogP contribution in [0.4, 0.5) is 0 Å². The lowest BCUT2D eigenvalue weighted by Crippen LogP contribution is -2.18. The molecule has 0 amide bonds. The maximum atomic E-state index is 5.17. The second kappa shape index (κ2) is 6.22. The molecular weight excluding hydrogens is 222 g/mol. The van der Waals surface area contributed by atoms with E-state index in [1.807, 2.05) is 25.2 Å². The van der Waals surface area contributed by atoms with Gasteiger partial charge in [0.2, 0.25) is 0 Å². The molecule has 0 unspecified atom stereocenters. The van der Waals surface area contributed by atoms with Gasteiger partial charge in [0.1, 0.15) is 5.75 Å². The minimum absolute atomic E-state index is 0.347. The Bertz CT molecular complexity index is 464. The van der Waals surface area contributed by atoms with Gasteiger partial charge in [-0.1, -0.05) is 42.5 Å². The third-order valence-corrected chi connectivity index (χ3v) is 3.15. The monoisotopic (exact) mass is 241 g/mol. The van der Waals surface area contributed by atoms with E-state index >= 15 is 0 Å². The van der Waals surface area contributed by atoms with Crippen molar-refractivity contribution in [2.24, 2.45) is 0 Å². The Morgan fingerprint density at radius 3 is 2.22 bits per heavy atom. The molecule has 0 saturated heterocycles. The predicted octanol–water partition coefficient (Wildman–Crippen LogP) is 3.20. The van der Waals surface area contributed by atoms with Gasteiger partial charge in [-0.05, 0) is 36.7 Å². The summed E-state index contributed by atoms with van der Waals surface area (Å²) in [5.74, 6) is 0.902. The number of benzene rings is 2. The molecule has 0 spiro atoms. The minimum Gasteiger partial charge on any atom is -0.497 e. The van der Waals surface area contributed by atoms with Crippen molar-refractivity contribution in [3.05, 3.63) is 65.7 Å². The standard InChI is InChI=1S/C16H19NO/c1-17-16(14-6-4-3-5-7-14)12-13-8-10-15(18-2)11-9-13/h3-11,16-17H,12H2,1-2H3/t16-/m1/s1. The Hall–Kier alpha value is -1.80. The van der Waals surface area contributed by atoms with Crippen molar-refractivity contribution >= 4 is 0 Å². The molecule has 0 heterocycles. The third kappa shape index (κ3) is 3.11. The van der Waals surface area contributed by atoms with E-state index in [4.69, 9.17) is 4.74 Å². The van der Waals surface area contributed by atoms with Crippen LogP contribution in [0.1, 0.15) is 17.2 Å². The summed E-state index contributed by atoms with van der Waals surface area (Å²) in [4.78, 5) is 0. The lowest BCUT2D eigenvalue weighted by atomic mass is 9.99. The van der Waals surface area contributed by atoms with Crippen LogP contribution in [-0.2, 0) is 6.42 Å². The van der Waals surface area contributed by atoms with Crippen LogP contribution in [0.2, 0.25) is 0 Å². The van der Waals surface area contributed by atoms with Gasteiger partial charge in [-0.15, -0.1) is 0 Å². The van der Waals surface area contributed by atoms with E-state index in [1.54, 1.807) is 7.11 Å². The number of nitrogens with one attached hydrogen (secondary N) is 1. The second-order valence-corrected chi connectivity index (χ2v) is 4.30. The van der Waals surface area contributed by atoms with E-state index in [0.29, 0.717) is 6.04 Å². The van der Waals surface area contributed by atoms with Crippen molar-refractivity contribution in [1.82, 2.24) is 5.32 Å². The highest BCUT2D eigenvalue weighted by atomic mass is 16.5. The van der Waals surface area contributed by atoms with Crippen LogP contribution in [0.25, 0.3) is 0 Å². The number of rotatable bonds is 5. The molecule has 0 aliphatic carbocycles. The van der Waals surface area contributed by atoms with E-state index in [-0.39, 0.29) is 0 Å². The van der Waals surface area contributed by atoms with Crippen molar-refractivity contribution in [3.8, 4) is 5.75 Å². The zero-order chi connectivity index (χ0) is 12.8. The van der Waals surface area contributed by atoms with E-state index < -0.39 is 0 Å². The van der Waals surface area contributed by atoms with Gasteiger partial charge in [-0.25, -0.2) is 0 Å². The van der Waals surface area contributed by atoms with Crippen LogP contribution in [0.5, 0.6) is 5.75 Å². The summed E-state index contributed by atoms with van der Waals surface area (Å²) in [7, 11) is 3.69. The lowest BCUT2D eigenvalue weighted by Gasteiger charge is -2.16. The van der Waals surface area contributed by atoms with Crippen LogP contribution in [-0.4, -0.2) is 14.2 Å². The fourth-order valence-electron chi connectivity index (χ4n) is 2.07. The first-order valence-corrected chi connectivity index (χ1v) is 6.18. The molecule has 2 aromatic rings. The van der Waals surface area contributed by atoms with Crippen LogP contribution in [0.15, 0.2) is 54.6 Å². The van der Waals surface area contributed by atoms with Crippen LogP contribution in [0.3, 0.4) is 0 Å². The summed E-state index contributed by atoms with van der Waals surface area (Å²) in [6, 6.07) is 19.1. The summed E-state index contributed by atoms with van der Waals surface area (Å²) in [6.45, 7) is 0. The number of ether oxygens (including phenoxy) is 1. The van der Waals surface area contributed by atoms with Gasteiger partial charge >= 0.3 is 0 Å². The molecular formula is C16H19NO. The van der Waals surface area contributed by atoms with Crippen LogP contribution < -0.4 is 10.1 Å². The van der Waals surface area contributed by atoms with Gasteiger partial charge in [0.15, 0.2) is 0 Å². The zero-order valence-electron chi connectivity index (χ0n) is 10.9. The molecule has 0 aromatic heterocycles. The summed E-state index contributed by atoms with van der Waals surface area (Å²) in [5.41, 5.74) is 2.62. The molecule has 2 rings (SSSR count). The van der Waals surface area contributed by atoms with Gasteiger partial charge in [0, 0.05) is 6.04 Å². The largest absolute Gasteiger partial charge is 0.497 e. The molecule has 94 valence electrons. The maximum absolute atomic E-state index is 5.17. The summed E-state index contributed by atoms with van der Waals surface area (Å²) >= 11 is 0. The first kappa shape index (κ1) is 12.7. The van der Waals surface area contributed by atoms with Gasteiger partial charge < -0.3 is 10.1 Å². The number of likely N-dealkylation sites (N-methyl/N-ethyl adjacent to an activating group) is 1.